The van der Waals surface area contributed by atoms with E-state index in [-0.39, 0.29) is 95.5 Å². The van der Waals surface area contributed by atoms with Crippen LogP contribution in [0.3, 0.4) is 0 Å². The number of aliphatic carboxylic acids is 1. The molecule has 75 heavy (non-hydrogen) atoms. The van der Waals surface area contributed by atoms with E-state index >= 15 is 0 Å². The Morgan fingerprint density at radius 1 is 0.773 bits per heavy atom. The van der Waals surface area contributed by atoms with E-state index in [1.807, 2.05) is 0 Å². The third kappa shape index (κ3) is 20.2. The summed E-state index contributed by atoms with van der Waals surface area (Å²) >= 11 is 0. The highest BCUT2D eigenvalue weighted by molar-refractivity contribution is 5.98. The molecule has 20 N–H and O–H groups in total. The Balaban J connectivity index is 1.81. The first kappa shape index (κ1) is 62.2. The van der Waals surface area contributed by atoms with E-state index in [0.717, 1.165) is 4.90 Å². The van der Waals surface area contributed by atoms with Crippen LogP contribution in [0.4, 0.5) is 0 Å². The first-order valence-electron chi connectivity index (χ1n) is 25.3. The number of carboxylic acids is 1. The van der Waals surface area contributed by atoms with Gasteiger partial charge >= 0.3 is 5.97 Å². The molecule has 2 saturated heterocycles. The molecular weight excluding hydrogens is 981 g/mol. The molecule has 29 nitrogen and oxygen atoms in total. The molecule has 3 rings (SSSR count). The smallest absolute Gasteiger partial charge is 0.326 e. The molecule has 2 fully saturated rings. The summed E-state index contributed by atoms with van der Waals surface area (Å²) in [7, 11) is 1.35. The van der Waals surface area contributed by atoms with Crippen molar-refractivity contribution in [1.82, 2.24) is 51.3 Å². The summed E-state index contributed by atoms with van der Waals surface area (Å²) in [5, 5.41) is 33.0. The van der Waals surface area contributed by atoms with Gasteiger partial charge in [0, 0.05) is 51.5 Å². The summed E-state index contributed by atoms with van der Waals surface area (Å²) < 4.78 is 0. The lowest BCUT2D eigenvalue weighted by Gasteiger charge is -2.34. The van der Waals surface area contributed by atoms with E-state index < -0.39 is 115 Å². The number of hydrogen-bond acceptors (Lipinski definition) is 15. The number of carbonyl (C=O) groups is 9. The number of unbranched alkanes of at least 4 members (excludes halogenated alkanes) is 1. The number of aliphatic hydroxyl groups is 1. The first-order chi connectivity index (χ1) is 35.6. The van der Waals surface area contributed by atoms with E-state index in [0.29, 0.717) is 44.2 Å². The fourth-order valence-electron chi connectivity index (χ4n) is 8.78. The zero-order valence-corrected chi connectivity index (χ0v) is 43.2. The van der Waals surface area contributed by atoms with Gasteiger partial charge in [0.1, 0.15) is 42.3 Å². The van der Waals surface area contributed by atoms with Crippen molar-refractivity contribution < 1.29 is 53.4 Å². The quantitative estimate of drug-likeness (QED) is 0.0182. The van der Waals surface area contributed by atoms with Gasteiger partial charge in [0.05, 0.1) is 25.5 Å². The predicted octanol–water partition coefficient (Wildman–Crippen LogP) is -5.50. The molecule has 1 aromatic heterocycles. The van der Waals surface area contributed by atoms with E-state index in [4.69, 9.17) is 34.4 Å². The number of likely N-dealkylation sites (tertiary alicyclic amines) is 2. The third-order valence-corrected chi connectivity index (χ3v) is 12.8. The van der Waals surface area contributed by atoms with Crippen molar-refractivity contribution in [3.63, 3.8) is 0 Å². The summed E-state index contributed by atoms with van der Waals surface area (Å²) in [6.07, 6.45) is 5.95. The van der Waals surface area contributed by atoms with Crippen LogP contribution >= 0.6 is 0 Å². The van der Waals surface area contributed by atoms with Gasteiger partial charge in [-0.25, -0.2) is 9.78 Å². The summed E-state index contributed by atoms with van der Waals surface area (Å²) in [6, 6.07) is -9.80. The average molecular weight is 1060 g/mol. The number of aliphatic imine (C=N–C) groups is 2. The molecule has 0 radical (unpaired) electrons. The number of aromatic nitrogens is 2. The largest absolute Gasteiger partial charge is 0.480 e. The Kier molecular flexibility index (Phi) is 26.2. The molecule has 2 aliphatic rings. The lowest BCUT2D eigenvalue weighted by atomic mass is 9.99. The van der Waals surface area contributed by atoms with E-state index in [2.05, 4.69) is 46.5 Å². The fourth-order valence-corrected chi connectivity index (χ4v) is 8.78. The number of nitrogens with two attached hydrogens (primary N) is 6. The van der Waals surface area contributed by atoms with Crippen molar-refractivity contribution in [2.75, 3.05) is 52.9 Å². The molecule has 8 atom stereocenters. The molecule has 0 spiro atoms. The van der Waals surface area contributed by atoms with Crippen LogP contribution in [0, 0.1) is 5.92 Å². The van der Waals surface area contributed by atoms with Crippen molar-refractivity contribution in [2.24, 2.45) is 50.3 Å². The number of guanidine groups is 2. The molecule has 1 aromatic rings. The van der Waals surface area contributed by atoms with Crippen LogP contribution in [-0.2, 0) is 49.6 Å². The van der Waals surface area contributed by atoms with Gasteiger partial charge in [-0.3, -0.25) is 48.3 Å². The SMILES string of the molecule is CC(C)C[C@@H](C(=O)N[C@@H](CO)C(=O)N[C@@H](Cc1cnc[nH]1)C(=O)N[C@@H](CCCCN)C(=O)NCC(=O)N1CCC[C@H]1C(=O)O)N(C)C(=O)[C@H](CCCN=C(N)N)NC(=O)[C@@H]1CCCN1C(=O)[C@@H](N)CCCN=C(N)N. The van der Waals surface area contributed by atoms with Crippen LogP contribution in [-0.4, -0.2) is 201 Å². The van der Waals surface area contributed by atoms with E-state index in [9.17, 15) is 53.4 Å². The Bertz CT molecular complexity index is 2140. The summed E-state index contributed by atoms with van der Waals surface area (Å²) in [5.41, 5.74) is 34.1. The normalized spacial score (nSPS) is 17.6. The molecule has 0 bridgehead atoms. The maximum Gasteiger partial charge on any atom is 0.326 e. The highest BCUT2D eigenvalue weighted by atomic mass is 16.4. The summed E-state index contributed by atoms with van der Waals surface area (Å²) in [5.74, 6) is -7.52. The van der Waals surface area contributed by atoms with Gasteiger partial charge in [0.2, 0.25) is 47.3 Å². The maximum absolute atomic E-state index is 14.5. The zero-order valence-electron chi connectivity index (χ0n) is 43.2. The Morgan fingerprint density at radius 2 is 1.36 bits per heavy atom. The Morgan fingerprint density at radius 3 is 1.95 bits per heavy atom. The number of likely N-dealkylation sites (N-methyl/N-ethyl adjacent to an activating group) is 1. The molecule has 8 amide bonds. The summed E-state index contributed by atoms with van der Waals surface area (Å²) in [6.45, 7) is 3.18. The lowest BCUT2D eigenvalue weighted by Crippen LogP contribution is -2.61. The minimum atomic E-state index is -1.68. The average Bonchev–Trinajstić information content (AvgIpc) is 4.18. The maximum atomic E-state index is 14.5. The number of carboxylic acid groups (broad SMARTS) is 1. The zero-order chi connectivity index (χ0) is 55.8. The van der Waals surface area contributed by atoms with Gasteiger partial charge in [-0.05, 0) is 89.5 Å². The van der Waals surface area contributed by atoms with Gasteiger partial charge < -0.3 is 90.9 Å². The van der Waals surface area contributed by atoms with Crippen LogP contribution in [0.1, 0.15) is 96.6 Å². The molecule has 0 saturated carbocycles. The number of amides is 8. The molecule has 0 aliphatic carbocycles. The van der Waals surface area contributed by atoms with Gasteiger partial charge in [-0.1, -0.05) is 13.8 Å². The molecule has 0 unspecified atom stereocenters. The molecule has 29 heteroatoms. The number of imidazole rings is 1. The van der Waals surface area contributed by atoms with Gasteiger partial charge in [0.15, 0.2) is 11.9 Å². The second-order valence-corrected chi connectivity index (χ2v) is 19.1. The number of H-pyrrole nitrogens is 1. The first-order valence-corrected chi connectivity index (χ1v) is 25.3. The highest BCUT2D eigenvalue weighted by Crippen LogP contribution is 2.21. The minimum absolute atomic E-state index is 0.00755. The molecule has 2 aliphatic heterocycles. The molecular formula is C46H80N18O11. The van der Waals surface area contributed by atoms with Crippen LogP contribution < -0.4 is 61.0 Å². The Labute approximate surface area is 435 Å². The topological polar surface area (TPSA) is 473 Å². The molecule has 3 heterocycles. The van der Waals surface area contributed by atoms with Crippen LogP contribution in [0.15, 0.2) is 22.5 Å². The number of nitrogens with one attached hydrogen (secondary N) is 6. The molecule has 0 aromatic carbocycles. The second kappa shape index (κ2) is 31.6. The van der Waals surface area contributed by atoms with Crippen molar-refractivity contribution in [1.29, 1.82) is 0 Å². The predicted molar refractivity (Wildman–Crippen MR) is 274 cm³/mol. The number of hydrogen-bond donors (Lipinski definition) is 14. The standard InChI is InChI=1S/C46H80N18O11/c1-26(2)20-35(62(3)43(73)30(12-7-17-55-46(51)52)59-40(70)33-13-8-19-64(33)42(72)28(48)10-6-16-54-45(49)50)41(71)61-32(24-65)39(69)60-31(21-27-22-53-25-57-27)38(68)58-29(11-4-5-15-47)37(67)56-23-36(66)63-18-9-14-34(63)44(74)75/h22,25-26,28-35,65H,4-21,23-24,47-48H2,1-3H3,(H,53,57)(H,56,67)(H,58,68)(H,59,70)(H,60,69)(H,61,71)(H,74,75)(H4,49,50,54)(H4,51,52,55)/t28-,29-,30-,31-,32-,33-,34-,35-/m0/s1. The highest BCUT2D eigenvalue weighted by Gasteiger charge is 2.40. The van der Waals surface area contributed by atoms with Crippen molar-refractivity contribution >= 4 is 65.1 Å². The van der Waals surface area contributed by atoms with E-state index in [1.54, 1.807) is 13.8 Å². The number of carbonyl (C=O) groups excluding carboxylic acids is 8. The van der Waals surface area contributed by atoms with Crippen LogP contribution in [0.2, 0.25) is 0 Å². The van der Waals surface area contributed by atoms with Gasteiger partial charge in [-0.15, -0.1) is 0 Å². The number of aromatic amines is 1. The molecule has 420 valence electrons. The van der Waals surface area contributed by atoms with Gasteiger partial charge in [-0.2, -0.15) is 0 Å². The monoisotopic (exact) mass is 1060 g/mol. The second-order valence-electron chi connectivity index (χ2n) is 19.1. The minimum Gasteiger partial charge on any atom is -0.480 e. The van der Waals surface area contributed by atoms with Gasteiger partial charge in [0.25, 0.3) is 0 Å². The number of aliphatic hydroxyl groups excluding tert-OH is 1. The van der Waals surface area contributed by atoms with Crippen molar-refractivity contribution in [3.8, 4) is 0 Å². The van der Waals surface area contributed by atoms with Crippen molar-refractivity contribution in [2.45, 2.75) is 146 Å². The van der Waals surface area contributed by atoms with E-state index in [1.165, 1.54) is 29.4 Å². The number of nitrogens with zero attached hydrogens (tertiary/aromatic N) is 6. The van der Waals surface area contributed by atoms with Crippen LogP contribution in [0.5, 0.6) is 0 Å². The van der Waals surface area contributed by atoms with Crippen LogP contribution in [0.25, 0.3) is 0 Å². The Hall–Kier alpha value is -7.14. The lowest BCUT2D eigenvalue weighted by molar-refractivity contribution is -0.148. The number of rotatable bonds is 32. The summed E-state index contributed by atoms with van der Waals surface area (Å²) in [4.78, 5) is 141. The third-order valence-electron chi connectivity index (χ3n) is 12.8. The fraction of sp³-hybridized carbons (Fsp3) is 0.696. The van der Waals surface area contributed by atoms with Crippen molar-refractivity contribution in [3.05, 3.63) is 18.2 Å².